The summed E-state index contributed by atoms with van der Waals surface area (Å²) in [6.45, 7) is 3.86. The Kier molecular flexibility index (Phi) is 6.76. The molecule has 7 bridgehead atoms. The summed E-state index contributed by atoms with van der Waals surface area (Å²) >= 11 is 0. The molecule has 6 fully saturated rings. The Morgan fingerprint density at radius 2 is 1.90 bits per heavy atom. The molecule has 1 aliphatic heterocycles. The number of benzene rings is 1. The summed E-state index contributed by atoms with van der Waals surface area (Å²) in [5, 5.41) is 24.8. The summed E-state index contributed by atoms with van der Waals surface area (Å²) in [4.78, 5) is 15.9. The molecule has 7 rings (SSSR count). The molecule has 12 atom stereocenters. The molecule has 1 aromatic carbocycles. The normalized spacial score (nSPS) is 46.6. The molecular weight excluding hydrogens is 538 g/mol. The van der Waals surface area contributed by atoms with Crippen molar-refractivity contribution in [3.63, 3.8) is 0 Å². The molecule has 230 valence electrons. The van der Waals surface area contributed by atoms with Gasteiger partial charge in [-0.1, -0.05) is 13.0 Å². The lowest BCUT2D eigenvalue weighted by atomic mass is 9.45. The predicted octanol–water partition coefficient (Wildman–Crippen LogP) is 2.91. The molecule has 1 spiro atoms. The third-order valence-corrected chi connectivity index (χ3v) is 12.7. The van der Waals surface area contributed by atoms with Gasteiger partial charge < -0.3 is 33.9 Å². The molecule has 0 amide bonds. The second-order valence-electron chi connectivity index (χ2n) is 13.6. The largest absolute Gasteiger partial charge is 0.493 e. The van der Waals surface area contributed by atoms with Crippen molar-refractivity contribution < 1.29 is 38.7 Å². The van der Waals surface area contributed by atoms with Crippen LogP contribution in [0.2, 0.25) is 0 Å². The first-order chi connectivity index (χ1) is 20.2. The molecular formula is C33H45NO8. The second-order valence-corrected chi connectivity index (χ2v) is 13.6. The van der Waals surface area contributed by atoms with Gasteiger partial charge in [0.05, 0.1) is 37.6 Å². The van der Waals surface area contributed by atoms with Gasteiger partial charge in [0.15, 0.2) is 11.5 Å². The summed E-state index contributed by atoms with van der Waals surface area (Å²) in [5.41, 5.74) is -1.00. The fraction of sp³-hybridized carbons (Fsp3) is 0.727. The Bertz CT molecular complexity index is 1270. The van der Waals surface area contributed by atoms with Crippen molar-refractivity contribution in [3.8, 4) is 11.5 Å². The highest BCUT2D eigenvalue weighted by molar-refractivity contribution is 5.87. The number of rotatable bonds is 8. The van der Waals surface area contributed by atoms with E-state index in [1.807, 2.05) is 19.2 Å². The van der Waals surface area contributed by atoms with E-state index in [1.165, 1.54) is 6.08 Å². The topological polar surface area (TPSA) is 107 Å². The number of methoxy groups -OCH3 is 4. The van der Waals surface area contributed by atoms with Gasteiger partial charge in [-0.25, -0.2) is 4.79 Å². The molecule has 5 saturated carbocycles. The van der Waals surface area contributed by atoms with Crippen LogP contribution in [0, 0.1) is 35.0 Å². The number of fused-ring (bicyclic) bond motifs is 2. The summed E-state index contributed by atoms with van der Waals surface area (Å²) < 4.78 is 29.5. The predicted molar refractivity (Wildman–Crippen MR) is 154 cm³/mol. The molecule has 0 radical (unpaired) electrons. The molecule has 1 aromatic rings. The number of esters is 1. The van der Waals surface area contributed by atoms with Crippen LogP contribution < -0.4 is 9.47 Å². The van der Waals surface area contributed by atoms with Crippen molar-refractivity contribution in [2.24, 2.45) is 35.0 Å². The quantitative estimate of drug-likeness (QED) is 0.353. The van der Waals surface area contributed by atoms with Gasteiger partial charge in [-0.05, 0) is 67.8 Å². The lowest BCUT2D eigenvalue weighted by Gasteiger charge is -2.68. The minimum atomic E-state index is -1.05. The lowest BCUT2D eigenvalue weighted by Crippen LogP contribution is -2.77. The SMILES string of the molecule is CCN1CC2(OC)CCC(O)C34C5CC6C(OC)CC(O)(C(CC23)C14)C5C6OC(=O)C=Cc1ccc(OC)c(OC)c1. The van der Waals surface area contributed by atoms with E-state index in [-0.39, 0.29) is 47.3 Å². The maximum atomic E-state index is 13.4. The number of likely N-dealkylation sites (tertiary alicyclic amines) is 1. The molecule has 9 heteroatoms. The number of carbonyl (C=O) groups is 1. The zero-order chi connectivity index (χ0) is 29.6. The van der Waals surface area contributed by atoms with E-state index in [0.29, 0.717) is 24.3 Å². The van der Waals surface area contributed by atoms with Gasteiger partial charge in [-0.15, -0.1) is 0 Å². The van der Waals surface area contributed by atoms with Crippen molar-refractivity contribution in [3.05, 3.63) is 29.8 Å². The number of hydrogen-bond acceptors (Lipinski definition) is 9. The zero-order valence-electron chi connectivity index (χ0n) is 25.3. The molecule has 12 unspecified atom stereocenters. The van der Waals surface area contributed by atoms with Gasteiger partial charge in [0, 0.05) is 62.5 Å². The number of likely N-dealkylation sites (N-methyl/N-ethyl adjacent to an activating group) is 1. The van der Waals surface area contributed by atoms with Crippen molar-refractivity contribution in [2.75, 3.05) is 41.5 Å². The van der Waals surface area contributed by atoms with Crippen LogP contribution in [0.15, 0.2) is 24.3 Å². The molecule has 42 heavy (non-hydrogen) atoms. The minimum absolute atomic E-state index is 0.00760. The Hall–Kier alpha value is -2.17. The molecule has 0 aromatic heterocycles. The fourth-order valence-electron chi connectivity index (χ4n) is 11.4. The van der Waals surface area contributed by atoms with Gasteiger partial charge in [-0.2, -0.15) is 0 Å². The van der Waals surface area contributed by atoms with E-state index in [4.69, 9.17) is 23.7 Å². The van der Waals surface area contributed by atoms with E-state index in [2.05, 4.69) is 11.8 Å². The summed E-state index contributed by atoms with van der Waals surface area (Å²) in [6.07, 6.45) is 5.60. The van der Waals surface area contributed by atoms with E-state index in [1.54, 1.807) is 33.5 Å². The van der Waals surface area contributed by atoms with Crippen LogP contribution in [-0.2, 0) is 19.0 Å². The first-order valence-corrected chi connectivity index (χ1v) is 15.6. The Morgan fingerprint density at radius 1 is 1.12 bits per heavy atom. The number of aliphatic hydroxyl groups excluding tert-OH is 1. The molecule has 6 aliphatic rings. The number of carbonyl (C=O) groups excluding carboxylic acids is 1. The standard InChI is InChI=1S/C33H45NO8/c1-6-34-17-31(41-5)12-11-26(35)33-20-14-19-24(40-4)16-32(37,21(30(33)34)15-25(31)33)28(20)29(19)42-27(36)10-8-18-7-9-22(38-2)23(13-18)39-3/h7-10,13,19-21,24-26,28-30,35,37H,6,11-12,14-17H2,1-5H3. The Labute approximate surface area is 248 Å². The van der Waals surface area contributed by atoms with E-state index >= 15 is 0 Å². The van der Waals surface area contributed by atoms with Gasteiger partial charge in [0.2, 0.25) is 0 Å². The van der Waals surface area contributed by atoms with Crippen molar-refractivity contribution in [2.45, 2.75) is 74.6 Å². The molecule has 9 nitrogen and oxygen atoms in total. The number of piperidine rings is 1. The maximum Gasteiger partial charge on any atom is 0.331 e. The van der Waals surface area contributed by atoms with Crippen LogP contribution in [0.3, 0.4) is 0 Å². The average Bonchev–Trinajstić information content (AvgIpc) is 3.45. The first-order valence-electron chi connectivity index (χ1n) is 15.6. The van der Waals surface area contributed by atoms with Crippen LogP contribution in [0.4, 0.5) is 0 Å². The summed E-state index contributed by atoms with van der Waals surface area (Å²) in [7, 11) is 6.68. The van der Waals surface area contributed by atoms with Crippen molar-refractivity contribution in [1.82, 2.24) is 4.90 Å². The zero-order valence-corrected chi connectivity index (χ0v) is 25.3. The number of ether oxygens (including phenoxy) is 5. The number of hydrogen-bond donors (Lipinski definition) is 2. The van der Waals surface area contributed by atoms with Gasteiger partial charge in [0.1, 0.15) is 6.10 Å². The lowest BCUT2D eigenvalue weighted by molar-refractivity contribution is -0.285. The van der Waals surface area contributed by atoms with E-state index in [9.17, 15) is 15.0 Å². The average molecular weight is 584 g/mol. The molecule has 2 N–H and O–H groups in total. The molecule has 1 saturated heterocycles. The first kappa shape index (κ1) is 28.6. The van der Waals surface area contributed by atoms with E-state index < -0.39 is 29.2 Å². The van der Waals surface area contributed by atoms with Crippen molar-refractivity contribution >= 4 is 12.0 Å². The van der Waals surface area contributed by atoms with Crippen LogP contribution in [0.1, 0.15) is 44.6 Å². The minimum Gasteiger partial charge on any atom is -0.493 e. The maximum absolute atomic E-state index is 13.4. The third-order valence-electron chi connectivity index (χ3n) is 12.7. The van der Waals surface area contributed by atoms with E-state index in [0.717, 1.165) is 37.9 Å². The Balaban J connectivity index is 1.24. The van der Waals surface area contributed by atoms with Crippen LogP contribution in [-0.4, -0.2) is 98.2 Å². The van der Waals surface area contributed by atoms with Crippen molar-refractivity contribution in [1.29, 1.82) is 0 Å². The highest BCUT2D eigenvalue weighted by Crippen LogP contribution is 2.78. The second kappa shape index (κ2) is 9.92. The molecule has 5 aliphatic carbocycles. The summed E-state index contributed by atoms with van der Waals surface area (Å²) in [5.74, 6) is 0.581. The monoisotopic (exact) mass is 583 g/mol. The number of nitrogens with zero attached hydrogens (tertiary/aromatic N) is 1. The fourth-order valence-corrected chi connectivity index (χ4v) is 11.4. The highest BCUT2D eigenvalue weighted by Gasteiger charge is 2.84. The van der Waals surface area contributed by atoms with Crippen LogP contribution in [0.25, 0.3) is 6.08 Å². The Morgan fingerprint density at radius 3 is 2.60 bits per heavy atom. The van der Waals surface area contributed by atoms with Gasteiger partial charge >= 0.3 is 5.97 Å². The third kappa shape index (κ3) is 3.51. The van der Waals surface area contributed by atoms with Crippen LogP contribution in [0.5, 0.6) is 11.5 Å². The molecule has 1 heterocycles. The van der Waals surface area contributed by atoms with Gasteiger partial charge in [0.25, 0.3) is 0 Å². The smallest absolute Gasteiger partial charge is 0.331 e. The number of aliphatic hydroxyl groups is 2. The summed E-state index contributed by atoms with van der Waals surface area (Å²) in [6, 6.07) is 5.54. The highest BCUT2D eigenvalue weighted by atomic mass is 16.6. The van der Waals surface area contributed by atoms with Gasteiger partial charge in [-0.3, -0.25) is 4.90 Å². The van der Waals surface area contributed by atoms with Crippen LogP contribution >= 0.6 is 0 Å².